The highest BCUT2D eigenvalue weighted by Crippen LogP contribution is 2.33. The summed E-state index contributed by atoms with van der Waals surface area (Å²) in [5.74, 6) is 0.701. The van der Waals surface area contributed by atoms with Gasteiger partial charge in [0, 0.05) is 17.4 Å². The van der Waals surface area contributed by atoms with Crippen LogP contribution in [0.4, 0.5) is 0 Å². The van der Waals surface area contributed by atoms with Crippen LogP contribution in [0.15, 0.2) is 48.5 Å². The van der Waals surface area contributed by atoms with E-state index in [0.29, 0.717) is 22.1 Å². The third-order valence-corrected chi connectivity index (χ3v) is 2.87. The lowest BCUT2D eigenvalue weighted by molar-refractivity contribution is 0.101. The van der Waals surface area contributed by atoms with E-state index in [1.54, 1.807) is 48.8 Å². The van der Waals surface area contributed by atoms with Crippen LogP contribution in [0.2, 0.25) is 5.02 Å². The first-order chi connectivity index (χ1) is 8.74. The number of Topliss-reactive ketones (excluding diaryl/α,β-unsaturated/α-hetero) is 1. The van der Waals surface area contributed by atoms with Gasteiger partial charge in [-0.1, -0.05) is 11.6 Å². The van der Waals surface area contributed by atoms with Gasteiger partial charge < -0.3 is 4.74 Å². The minimum atomic E-state index is -0.149. The van der Waals surface area contributed by atoms with Gasteiger partial charge in [-0.2, -0.15) is 0 Å². The van der Waals surface area contributed by atoms with Crippen LogP contribution >= 0.6 is 11.6 Å². The first-order valence-electron chi connectivity index (χ1n) is 5.38. The summed E-state index contributed by atoms with van der Waals surface area (Å²) in [5, 5.41) is 0.524. The maximum Gasteiger partial charge on any atom is 0.232 e. The second kappa shape index (κ2) is 4.27. The minimum Gasteiger partial charge on any atom is -0.452 e. The van der Waals surface area contributed by atoms with Crippen LogP contribution in [0, 0.1) is 0 Å². The normalized spacial score (nSPS) is 15.6. The summed E-state index contributed by atoms with van der Waals surface area (Å²) in [6.07, 6.45) is 5.02. The topological polar surface area (TPSA) is 39.2 Å². The van der Waals surface area contributed by atoms with Crippen LogP contribution in [-0.4, -0.2) is 10.8 Å². The van der Waals surface area contributed by atoms with Crippen LogP contribution in [0.5, 0.6) is 5.75 Å². The number of benzene rings is 1. The zero-order valence-corrected chi connectivity index (χ0v) is 10.0. The van der Waals surface area contributed by atoms with Crippen molar-refractivity contribution in [2.24, 2.45) is 0 Å². The monoisotopic (exact) mass is 257 g/mol. The number of pyridine rings is 1. The Morgan fingerprint density at radius 2 is 1.94 bits per heavy atom. The van der Waals surface area contributed by atoms with E-state index in [1.165, 1.54) is 0 Å². The fourth-order valence-electron chi connectivity index (χ4n) is 1.77. The number of halogens is 1. The molecule has 88 valence electrons. The SMILES string of the molecule is O=C1/C(=C\c2ccncc2)Oc2ccc(Cl)cc21. The van der Waals surface area contributed by atoms with E-state index in [1.807, 2.05) is 0 Å². The molecular weight excluding hydrogens is 250 g/mol. The summed E-state index contributed by atoms with van der Waals surface area (Å²) in [6.45, 7) is 0. The molecule has 1 aliphatic heterocycles. The average Bonchev–Trinajstić information content (AvgIpc) is 2.68. The summed E-state index contributed by atoms with van der Waals surface area (Å²) in [5.41, 5.74) is 1.37. The molecule has 3 nitrogen and oxygen atoms in total. The molecule has 18 heavy (non-hydrogen) atoms. The van der Waals surface area contributed by atoms with Crippen LogP contribution in [-0.2, 0) is 0 Å². The van der Waals surface area contributed by atoms with Crippen LogP contribution < -0.4 is 4.74 Å². The Kier molecular flexibility index (Phi) is 2.61. The van der Waals surface area contributed by atoms with Crippen molar-refractivity contribution in [3.63, 3.8) is 0 Å². The van der Waals surface area contributed by atoms with E-state index in [2.05, 4.69) is 4.98 Å². The van der Waals surface area contributed by atoms with Gasteiger partial charge in [-0.15, -0.1) is 0 Å². The summed E-state index contributed by atoms with van der Waals surface area (Å²) < 4.78 is 5.51. The van der Waals surface area contributed by atoms with Gasteiger partial charge in [-0.05, 0) is 42.0 Å². The van der Waals surface area contributed by atoms with Gasteiger partial charge in [0.1, 0.15) is 5.75 Å². The first-order valence-corrected chi connectivity index (χ1v) is 5.76. The predicted octanol–water partition coefficient (Wildman–Crippen LogP) is 3.35. The zero-order valence-electron chi connectivity index (χ0n) is 9.26. The van der Waals surface area contributed by atoms with E-state index in [-0.39, 0.29) is 5.78 Å². The number of allylic oxidation sites excluding steroid dienone is 1. The van der Waals surface area contributed by atoms with Gasteiger partial charge in [-0.25, -0.2) is 0 Å². The molecule has 0 bridgehead atoms. The Morgan fingerprint density at radius 3 is 2.72 bits per heavy atom. The third-order valence-electron chi connectivity index (χ3n) is 2.63. The summed E-state index contributed by atoms with van der Waals surface area (Å²) >= 11 is 5.86. The van der Waals surface area contributed by atoms with Crippen molar-refractivity contribution in [3.05, 3.63) is 64.6 Å². The number of ketones is 1. The van der Waals surface area contributed by atoms with Gasteiger partial charge in [-0.3, -0.25) is 9.78 Å². The fraction of sp³-hybridized carbons (Fsp3) is 0. The predicted molar refractivity (Wildman–Crippen MR) is 68.6 cm³/mol. The van der Waals surface area contributed by atoms with Crippen LogP contribution in [0.1, 0.15) is 15.9 Å². The molecule has 2 heterocycles. The smallest absolute Gasteiger partial charge is 0.232 e. The van der Waals surface area contributed by atoms with Crippen LogP contribution in [0.3, 0.4) is 0 Å². The molecule has 0 fully saturated rings. The van der Waals surface area contributed by atoms with E-state index in [9.17, 15) is 4.79 Å². The molecule has 0 saturated heterocycles. The van der Waals surface area contributed by atoms with E-state index in [4.69, 9.17) is 16.3 Å². The molecular formula is C14H8ClNO2. The lowest BCUT2D eigenvalue weighted by atomic mass is 10.1. The Bertz CT molecular complexity index is 650. The number of ether oxygens (including phenoxy) is 1. The fourth-order valence-corrected chi connectivity index (χ4v) is 1.94. The van der Waals surface area contributed by atoms with Crippen molar-refractivity contribution < 1.29 is 9.53 Å². The number of fused-ring (bicyclic) bond motifs is 1. The molecule has 0 amide bonds. The third kappa shape index (κ3) is 1.89. The van der Waals surface area contributed by atoms with Crippen molar-refractivity contribution in [1.29, 1.82) is 0 Å². The number of hydrogen-bond donors (Lipinski definition) is 0. The Morgan fingerprint density at radius 1 is 1.17 bits per heavy atom. The van der Waals surface area contributed by atoms with Gasteiger partial charge in [0.2, 0.25) is 5.78 Å². The van der Waals surface area contributed by atoms with Crippen molar-refractivity contribution in [3.8, 4) is 5.75 Å². The second-order valence-electron chi connectivity index (χ2n) is 3.86. The first kappa shape index (κ1) is 11.0. The summed E-state index contributed by atoms with van der Waals surface area (Å²) in [4.78, 5) is 16.0. The molecule has 2 aromatic rings. The molecule has 0 aliphatic carbocycles. The molecule has 1 aromatic heterocycles. The number of hydrogen-bond acceptors (Lipinski definition) is 3. The highest BCUT2D eigenvalue weighted by molar-refractivity contribution is 6.31. The lowest BCUT2D eigenvalue weighted by Crippen LogP contribution is -1.98. The zero-order chi connectivity index (χ0) is 12.5. The highest BCUT2D eigenvalue weighted by Gasteiger charge is 2.27. The standard InChI is InChI=1S/C14H8ClNO2/c15-10-1-2-12-11(8-10)14(17)13(18-12)7-9-3-5-16-6-4-9/h1-8H/b13-7+. The summed E-state index contributed by atoms with van der Waals surface area (Å²) in [7, 11) is 0. The average molecular weight is 258 g/mol. The maximum absolute atomic E-state index is 12.1. The molecule has 4 heteroatoms. The van der Waals surface area contributed by atoms with Crippen molar-refractivity contribution in [2.45, 2.75) is 0 Å². The van der Waals surface area contributed by atoms with Crippen molar-refractivity contribution >= 4 is 23.5 Å². The van der Waals surface area contributed by atoms with Crippen molar-refractivity contribution in [2.75, 3.05) is 0 Å². The van der Waals surface area contributed by atoms with Crippen molar-refractivity contribution in [1.82, 2.24) is 4.98 Å². The quantitative estimate of drug-likeness (QED) is 0.736. The van der Waals surface area contributed by atoms with Gasteiger partial charge in [0.15, 0.2) is 5.76 Å². The number of nitrogens with zero attached hydrogens (tertiary/aromatic N) is 1. The molecule has 1 aliphatic rings. The Hall–Kier alpha value is -2.13. The largest absolute Gasteiger partial charge is 0.452 e. The van der Waals surface area contributed by atoms with Gasteiger partial charge >= 0.3 is 0 Å². The molecule has 1 aromatic carbocycles. The number of carbonyl (C=O) groups is 1. The van der Waals surface area contributed by atoms with E-state index < -0.39 is 0 Å². The molecule has 0 saturated carbocycles. The Balaban J connectivity index is 2.00. The maximum atomic E-state index is 12.1. The number of aromatic nitrogens is 1. The number of rotatable bonds is 1. The lowest BCUT2D eigenvalue weighted by Gasteiger charge is -1.97. The molecule has 0 spiro atoms. The van der Waals surface area contributed by atoms with Gasteiger partial charge in [0.25, 0.3) is 0 Å². The van der Waals surface area contributed by atoms with E-state index >= 15 is 0 Å². The summed E-state index contributed by atoms with van der Waals surface area (Å²) in [6, 6.07) is 8.62. The van der Waals surface area contributed by atoms with Crippen LogP contribution in [0.25, 0.3) is 6.08 Å². The molecule has 0 atom stereocenters. The second-order valence-corrected chi connectivity index (χ2v) is 4.30. The molecule has 0 N–H and O–H groups in total. The Labute approximate surface area is 109 Å². The molecule has 0 radical (unpaired) electrons. The minimum absolute atomic E-state index is 0.149. The van der Waals surface area contributed by atoms with Gasteiger partial charge in [0.05, 0.1) is 5.56 Å². The van der Waals surface area contributed by atoms with E-state index in [0.717, 1.165) is 5.56 Å². The highest BCUT2D eigenvalue weighted by atomic mass is 35.5. The molecule has 0 unspecified atom stereocenters. The number of carbonyl (C=O) groups excluding carboxylic acids is 1. The molecule has 3 rings (SSSR count).